The summed E-state index contributed by atoms with van der Waals surface area (Å²) in [6.45, 7) is 4.76. The summed E-state index contributed by atoms with van der Waals surface area (Å²) in [5, 5.41) is 15.0. The van der Waals surface area contributed by atoms with E-state index in [1.807, 2.05) is 18.2 Å². The molecule has 0 saturated carbocycles. The first-order valence-electron chi connectivity index (χ1n) is 14.0. The summed E-state index contributed by atoms with van der Waals surface area (Å²) in [6, 6.07) is 26.4. The summed E-state index contributed by atoms with van der Waals surface area (Å²) in [7, 11) is 0. The highest BCUT2D eigenvalue weighted by atomic mass is 16.4. The average Bonchev–Trinajstić information content (AvgIpc) is 3.00. The number of aromatic carboxylic acids is 1. The molecule has 0 amide bonds. The van der Waals surface area contributed by atoms with Crippen molar-refractivity contribution >= 4 is 44.4 Å². The van der Waals surface area contributed by atoms with Crippen molar-refractivity contribution in [3.05, 3.63) is 131 Å². The largest absolute Gasteiger partial charge is 0.478 e. The number of carbonyl (C=O) groups excluding carboxylic acids is 1. The monoisotopic (exact) mass is 537 g/mol. The maximum atomic E-state index is 11.2. The third kappa shape index (κ3) is 5.11. The Hall–Kier alpha value is -4.79. The third-order valence-electron chi connectivity index (χ3n) is 8.57. The van der Waals surface area contributed by atoms with Crippen molar-refractivity contribution in [1.82, 2.24) is 4.98 Å². The zero-order valence-corrected chi connectivity index (χ0v) is 23.2. The van der Waals surface area contributed by atoms with Crippen LogP contribution in [0.25, 0.3) is 32.4 Å². The number of benzene rings is 4. The van der Waals surface area contributed by atoms with Gasteiger partial charge in [-0.3, -0.25) is 4.98 Å². The van der Waals surface area contributed by atoms with Crippen LogP contribution in [0.15, 0.2) is 114 Å². The number of nitrogens with zero attached hydrogens (tertiary/aromatic N) is 1. The SMILES string of the molecule is CC1(C)Cc2c(ccc3c2ccc2ccccc23)CC1C1=CC=CC(=C=O)C1.O=C(O)c1ccc2ncccc2c1. The molecular weight excluding hydrogens is 506 g/mol. The van der Waals surface area contributed by atoms with Crippen LogP contribution in [0, 0.1) is 11.3 Å². The van der Waals surface area contributed by atoms with Gasteiger partial charge in [0, 0.05) is 23.6 Å². The second kappa shape index (κ2) is 10.6. The minimum Gasteiger partial charge on any atom is -0.478 e. The standard InChI is InChI=1S/C27H24O.C10H7NO2/c1-27(2)16-25-20(15-26(27)21-8-5-6-18(14-21)17-28)11-13-23-22-9-4-3-7-19(22)10-12-24(23)25;12-10(13)8-3-4-9-7(6-8)2-1-5-11-9/h3-13,26H,14-16H2,1-2H3;1-6H,(H,12,13). The molecule has 1 heterocycles. The van der Waals surface area contributed by atoms with Gasteiger partial charge in [0.2, 0.25) is 0 Å². The van der Waals surface area contributed by atoms with E-state index in [2.05, 4.69) is 79.4 Å². The van der Waals surface area contributed by atoms with Crippen LogP contribution in [-0.2, 0) is 17.6 Å². The zero-order valence-electron chi connectivity index (χ0n) is 23.2. The highest BCUT2D eigenvalue weighted by Gasteiger charge is 2.38. The predicted octanol–water partition coefficient (Wildman–Crippen LogP) is 8.31. The van der Waals surface area contributed by atoms with Crippen molar-refractivity contribution in [2.24, 2.45) is 11.3 Å². The molecule has 1 unspecified atom stereocenters. The van der Waals surface area contributed by atoms with E-state index in [4.69, 9.17) is 5.11 Å². The van der Waals surface area contributed by atoms with Gasteiger partial charge in [0.05, 0.1) is 11.1 Å². The Balaban J connectivity index is 0.000000195. The van der Waals surface area contributed by atoms with Gasteiger partial charge >= 0.3 is 5.97 Å². The zero-order chi connectivity index (χ0) is 28.6. The molecule has 0 radical (unpaired) electrons. The molecule has 7 rings (SSSR count). The Morgan fingerprint density at radius 3 is 2.56 bits per heavy atom. The molecule has 202 valence electrons. The number of carboxylic acids is 1. The predicted molar refractivity (Wildman–Crippen MR) is 166 cm³/mol. The van der Waals surface area contributed by atoms with Gasteiger partial charge in [-0.2, -0.15) is 0 Å². The van der Waals surface area contributed by atoms with E-state index < -0.39 is 5.97 Å². The number of carboxylic acid groups (broad SMARTS) is 1. The first kappa shape index (κ1) is 26.4. The van der Waals surface area contributed by atoms with Crippen molar-refractivity contribution < 1.29 is 14.7 Å². The number of allylic oxidation sites excluding steroid dienone is 5. The second-order valence-electron chi connectivity index (χ2n) is 11.6. The smallest absolute Gasteiger partial charge is 0.335 e. The van der Waals surface area contributed by atoms with Gasteiger partial charge in [0.1, 0.15) is 5.94 Å². The van der Waals surface area contributed by atoms with Crippen molar-refractivity contribution in [3.63, 3.8) is 0 Å². The molecule has 1 atom stereocenters. The molecule has 4 aromatic carbocycles. The summed E-state index contributed by atoms with van der Waals surface area (Å²) in [5.74, 6) is 1.64. The molecule has 0 aliphatic heterocycles. The van der Waals surface area contributed by atoms with E-state index in [0.717, 1.165) is 35.7 Å². The van der Waals surface area contributed by atoms with Crippen LogP contribution < -0.4 is 0 Å². The van der Waals surface area contributed by atoms with Crippen LogP contribution in [0.4, 0.5) is 0 Å². The number of fused-ring (bicyclic) bond motifs is 6. The Morgan fingerprint density at radius 1 is 0.927 bits per heavy atom. The number of aromatic nitrogens is 1. The van der Waals surface area contributed by atoms with E-state index >= 15 is 0 Å². The average molecular weight is 538 g/mol. The van der Waals surface area contributed by atoms with Crippen LogP contribution in [0.5, 0.6) is 0 Å². The summed E-state index contributed by atoms with van der Waals surface area (Å²) >= 11 is 0. The van der Waals surface area contributed by atoms with Gasteiger partial charge in [0.15, 0.2) is 0 Å². The molecule has 2 aliphatic carbocycles. The van der Waals surface area contributed by atoms with Crippen molar-refractivity contribution in [3.8, 4) is 0 Å². The fourth-order valence-corrected chi connectivity index (χ4v) is 6.45. The lowest BCUT2D eigenvalue weighted by atomic mass is 9.62. The molecule has 4 heteroatoms. The molecule has 0 saturated heterocycles. The Bertz CT molecular complexity index is 1940. The highest BCUT2D eigenvalue weighted by molar-refractivity contribution is 6.08. The lowest BCUT2D eigenvalue weighted by Crippen LogP contribution is -2.34. The normalized spacial score (nSPS) is 17.4. The van der Waals surface area contributed by atoms with Crippen molar-refractivity contribution in [2.45, 2.75) is 33.1 Å². The molecule has 0 fully saturated rings. The highest BCUT2D eigenvalue weighted by Crippen LogP contribution is 2.47. The van der Waals surface area contributed by atoms with Crippen LogP contribution in [0.3, 0.4) is 0 Å². The van der Waals surface area contributed by atoms with E-state index in [1.54, 1.807) is 30.5 Å². The minimum atomic E-state index is -0.911. The number of hydrogen-bond acceptors (Lipinski definition) is 3. The molecular formula is C37H31NO3. The van der Waals surface area contributed by atoms with E-state index in [0.29, 0.717) is 11.5 Å². The van der Waals surface area contributed by atoms with Gasteiger partial charge in [-0.25, -0.2) is 9.59 Å². The number of hydrogen-bond donors (Lipinski definition) is 1. The number of rotatable bonds is 2. The van der Waals surface area contributed by atoms with Gasteiger partial charge in [0.25, 0.3) is 0 Å². The van der Waals surface area contributed by atoms with Crippen LogP contribution >= 0.6 is 0 Å². The topological polar surface area (TPSA) is 67.3 Å². The molecule has 1 aromatic heterocycles. The number of carbonyl (C=O) groups is 1. The molecule has 5 aromatic rings. The second-order valence-corrected chi connectivity index (χ2v) is 11.6. The molecule has 4 nitrogen and oxygen atoms in total. The fourth-order valence-electron chi connectivity index (χ4n) is 6.45. The first-order valence-corrected chi connectivity index (χ1v) is 14.0. The molecule has 1 N–H and O–H groups in total. The maximum absolute atomic E-state index is 11.2. The van der Waals surface area contributed by atoms with Gasteiger partial charge < -0.3 is 5.11 Å². The van der Waals surface area contributed by atoms with Gasteiger partial charge in [-0.1, -0.05) is 86.2 Å². The minimum absolute atomic E-state index is 0.151. The lowest BCUT2D eigenvalue weighted by Gasteiger charge is -2.42. The number of pyridine rings is 1. The quantitative estimate of drug-likeness (QED) is 0.182. The van der Waals surface area contributed by atoms with Gasteiger partial charge in [-0.05, 0) is 87.2 Å². The summed E-state index contributed by atoms with van der Waals surface area (Å²) in [6.07, 6.45) is 10.6. The molecule has 41 heavy (non-hydrogen) atoms. The fraction of sp³-hybridized carbons (Fsp3) is 0.189. The summed E-state index contributed by atoms with van der Waals surface area (Å²) in [4.78, 5) is 25.9. The van der Waals surface area contributed by atoms with Crippen LogP contribution in [0.1, 0.15) is 41.8 Å². The summed E-state index contributed by atoms with van der Waals surface area (Å²) in [5.41, 5.74) is 6.35. The lowest BCUT2D eigenvalue weighted by molar-refractivity contribution is 0.0697. The Labute approximate surface area is 239 Å². The maximum Gasteiger partial charge on any atom is 0.335 e. The van der Waals surface area contributed by atoms with Crippen molar-refractivity contribution in [1.29, 1.82) is 0 Å². The first-order chi connectivity index (χ1) is 19.8. The van der Waals surface area contributed by atoms with E-state index in [-0.39, 0.29) is 5.41 Å². The van der Waals surface area contributed by atoms with E-state index in [9.17, 15) is 9.59 Å². The van der Waals surface area contributed by atoms with Gasteiger partial charge in [-0.15, -0.1) is 0 Å². The molecule has 2 aliphatic rings. The molecule has 0 spiro atoms. The third-order valence-corrected chi connectivity index (χ3v) is 8.57. The van der Waals surface area contributed by atoms with Crippen LogP contribution in [-0.4, -0.2) is 22.0 Å². The Kier molecular flexibility index (Phi) is 6.86. The van der Waals surface area contributed by atoms with Crippen molar-refractivity contribution in [2.75, 3.05) is 0 Å². The summed E-state index contributed by atoms with van der Waals surface area (Å²) < 4.78 is 0. The Morgan fingerprint density at radius 2 is 1.73 bits per heavy atom. The van der Waals surface area contributed by atoms with E-state index in [1.165, 1.54) is 38.2 Å². The van der Waals surface area contributed by atoms with Crippen LogP contribution in [0.2, 0.25) is 0 Å². The molecule has 0 bridgehead atoms.